The minimum absolute atomic E-state index is 0.156. The van der Waals surface area contributed by atoms with Crippen molar-refractivity contribution in [1.82, 2.24) is 14.6 Å². The Morgan fingerprint density at radius 1 is 1.16 bits per heavy atom. The number of aryl methyl sites for hydroxylation is 1. The Morgan fingerprint density at radius 2 is 1.96 bits per heavy atom. The summed E-state index contributed by atoms with van der Waals surface area (Å²) >= 11 is 4.88. The summed E-state index contributed by atoms with van der Waals surface area (Å²) in [5.41, 5.74) is 1.06. The molecule has 2 amide bonds. The quantitative estimate of drug-likeness (QED) is 0.251. The molecule has 5 atom stereocenters. The maximum atomic E-state index is 14.6. The molecule has 13 heteroatoms. The number of ether oxygens (including phenoxy) is 1. The molecular weight excluding hydrogens is 757 g/mol. The minimum atomic E-state index is -3.91. The van der Waals surface area contributed by atoms with Gasteiger partial charge in [-0.3, -0.25) is 19.1 Å². The van der Waals surface area contributed by atoms with E-state index < -0.39 is 44.2 Å². The van der Waals surface area contributed by atoms with E-state index in [2.05, 4.69) is 25.6 Å². The first-order valence-electron chi connectivity index (χ1n) is 17.8. The SMILES string of the molecule is Cc1cc(F)cc(C[C@H]2CCCCC/C=C\[C@H]3C[C@@]3(C(=O)NS(=O)(=O)C3(C)CC3)CC(=O)[C@@H]3C[C@@H](Oc4nc5ccc(Br)cc5s4)CN3C2=O)c1. The number of Topliss-reactive ketones (excluding diaryl/α,β-unsaturated/α-hetero) is 1. The number of nitrogens with one attached hydrogen (secondary N) is 1. The summed E-state index contributed by atoms with van der Waals surface area (Å²) in [7, 11) is -3.91. The zero-order valence-corrected chi connectivity index (χ0v) is 32.0. The largest absolute Gasteiger partial charge is 0.465 e. The van der Waals surface area contributed by atoms with Gasteiger partial charge in [0.15, 0.2) is 5.78 Å². The lowest BCUT2D eigenvalue weighted by Gasteiger charge is -2.29. The smallest absolute Gasteiger partial charge is 0.274 e. The summed E-state index contributed by atoms with van der Waals surface area (Å²) in [6.45, 7) is 3.60. The van der Waals surface area contributed by atoms with Gasteiger partial charge in [-0.1, -0.05) is 58.3 Å². The van der Waals surface area contributed by atoms with Crippen molar-refractivity contribution >= 4 is 65.1 Å². The number of halogens is 2. The molecule has 2 aliphatic carbocycles. The zero-order chi connectivity index (χ0) is 36.1. The molecule has 1 aromatic heterocycles. The lowest BCUT2D eigenvalue weighted by molar-refractivity contribution is -0.142. The van der Waals surface area contributed by atoms with Gasteiger partial charge in [-0.25, -0.2) is 17.8 Å². The summed E-state index contributed by atoms with van der Waals surface area (Å²) in [4.78, 5) is 49.2. The van der Waals surface area contributed by atoms with Crippen LogP contribution in [0.1, 0.15) is 82.3 Å². The number of nitrogens with zero attached hydrogens (tertiary/aromatic N) is 2. The summed E-state index contributed by atoms with van der Waals surface area (Å²) in [5.74, 6) is -2.26. The van der Waals surface area contributed by atoms with E-state index in [1.165, 1.54) is 23.5 Å². The molecule has 0 bridgehead atoms. The van der Waals surface area contributed by atoms with Crippen molar-refractivity contribution in [1.29, 1.82) is 0 Å². The standard InChI is InChI=1S/C38H43BrFN3O6S2/c1-23-14-24(17-28(40)15-23)16-25-8-6-4-3-5-7-9-26-20-38(26,35(46)42-51(47,48)37(2)12-13-37)21-32(44)31-19-29(22-43(31)34(25)45)49-36-41-30-11-10-27(39)18-33(30)50-36/h7,9-11,14-15,17-18,25-26,29,31H,3-6,8,12-13,16,19-22H2,1-2H3,(H,42,46)/b9-7-/t25-,26+,29-,31+,38-/m1/s1. The third-order valence-corrected chi connectivity index (χ3v) is 14.7. The summed E-state index contributed by atoms with van der Waals surface area (Å²) in [6, 6.07) is 9.70. The molecule has 2 aromatic carbocycles. The maximum Gasteiger partial charge on any atom is 0.274 e. The Bertz CT molecular complexity index is 1990. The van der Waals surface area contributed by atoms with Crippen LogP contribution in [0.3, 0.4) is 0 Å². The Kier molecular flexibility index (Phi) is 9.94. The number of sulfonamides is 1. The number of amides is 2. The third kappa shape index (κ3) is 7.67. The van der Waals surface area contributed by atoms with Gasteiger partial charge in [-0.05, 0) is 106 Å². The van der Waals surface area contributed by atoms with Gasteiger partial charge in [-0.15, -0.1) is 0 Å². The van der Waals surface area contributed by atoms with Gasteiger partial charge in [0.05, 0.1) is 33.0 Å². The number of allylic oxidation sites excluding steroid dienone is 2. The van der Waals surface area contributed by atoms with E-state index in [-0.39, 0.29) is 42.8 Å². The maximum absolute atomic E-state index is 14.6. The molecule has 272 valence electrons. The van der Waals surface area contributed by atoms with Crippen molar-refractivity contribution in [2.75, 3.05) is 6.54 Å². The highest BCUT2D eigenvalue weighted by Crippen LogP contribution is 2.57. The first-order chi connectivity index (χ1) is 24.2. The molecule has 1 N–H and O–H groups in total. The second kappa shape index (κ2) is 14.0. The fraction of sp³-hybridized carbons (Fsp3) is 0.526. The molecule has 2 saturated carbocycles. The van der Waals surface area contributed by atoms with E-state index in [9.17, 15) is 27.2 Å². The fourth-order valence-electron chi connectivity index (χ4n) is 7.70. The highest BCUT2D eigenvalue weighted by atomic mass is 79.9. The summed E-state index contributed by atoms with van der Waals surface area (Å²) in [5, 5.41) is 0.435. The normalized spacial score (nSPS) is 28.7. The van der Waals surface area contributed by atoms with Crippen molar-refractivity contribution in [2.45, 2.75) is 101 Å². The molecule has 0 spiro atoms. The van der Waals surface area contributed by atoms with Gasteiger partial charge in [0, 0.05) is 23.2 Å². The molecule has 3 aromatic rings. The number of carbonyl (C=O) groups excluding carboxylic acids is 3. The number of ketones is 1. The van der Waals surface area contributed by atoms with Crippen molar-refractivity contribution in [3.63, 3.8) is 0 Å². The lowest BCUT2D eigenvalue weighted by Crippen LogP contribution is -2.47. The number of thiazole rings is 1. The van der Waals surface area contributed by atoms with Crippen LogP contribution in [-0.2, 0) is 30.8 Å². The zero-order valence-electron chi connectivity index (χ0n) is 28.8. The predicted molar refractivity (Wildman–Crippen MR) is 197 cm³/mol. The van der Waals surface area contributed by atoms with Crippen LogP contribution >= 0.6 is 27.3 Å². The molecule has 51 heavy (non-hydrogen) atoms. The Hall–Kier alpha value is -3.16. The second-order valence-corrected chi connectivity index (χ2v) is 19.3. The highest BCUT2D eigenvalue weighted by Gasteiger charge is 2.62. The van der Waals surface area contributed by atoms with Gasteiger partial charge in [-0.2, -0.15) is 0 Å². The van der Waals surface area contributed by atoms with Gasteiger partial charge in [0.1, 0.15) is 11.9 Å². The van der Waals surface area contributed by atoms with Crippen molar-refractivity contribution < 1.29 is 31.9 Å². The average Bonchev–Trinajstić information content (AvgIpc) is 3.87. The van der Waals surface area contributed by atoms with Crippen LogP contribution in [0.5, 0.6) is 5.19 Å². The summed E-state index contributed by atoms with van der Waals surface area (Å²) < 4.78 is 50.3. The van der Waals surface area contributed by atoms with Crippen LogP contribution in [0.2, 0.25) is 0 Å². The minimum Gasteiger partial charge on any atom is -0.465 e. The number of carbonyl (C=O) groups is 3. The number of fused-ring (bicyclic) bond motifs is 3. The van der Waals surface area contributed by atoms with Crippen LogP contribution in [-0.4, -0.2) is 59.3 Å². The topological polar surface area (TPSA) is 123 Å². The monoisotopic (exact) mass is 799 g/mol. The number of hydrogen-bond donors (Lipinski definition) is 1. The molecular formula is C38H43BrFN3O6S2. The third-order valence-electron chi connectivity index (χ3n) is 11.1. The van der Waals surface area contributed by atoms with Crippen molar-refractivity contribution in [2.24, 2.45) is 17.3 Å². The number of aromatic nitrogens is 1. The number of rotatable bonds is 7. The second-order valence-electron chi connectivity index (χ2n) is 15.2. The lowest BCUT2D eigenvalue weighted by atomic mass is 9.89. The van der Waals surface area contributed by atoms with Gasteiger partial charge in [0.25, 0.3) is 5.19 Å². The van der Waals surface area contributed by atoms with E-state index in [1.807, 2.05) is 43.3 Å². The van der Waals surface area contributed by atoms with Gasteiger partial charge >= 0.3 is 0 Å². The van der Waals surface area contributed by atoms with Crippen LogP contribution in [0, 0.1) is 30.0 Å². The summed E-state index contributed by atoms with van der Waals surface area (Å²) in [6.07, 6.45) is 9.04. The van der Waals surface area contributed by atoms with Crippen LogP contribution in [0.4, 0.5) is 4.39 Å². The van der Waals surface area contributed by atoms with Gasteiger partial charge < -0.3 is 9.64 Å². The van der Waals surface area contributed by atoms with E-state index in [4.69, 9.17) is 4.74 Å². The molecule has 0 unspecified atom stereocenters. The Morgan fingerprint density at radius 3 is 2.73 bits per heavy atom. The van der Waals surface area contributed by atoms with E-state index >= 15 is 0 Å². The van der Waals surface area contributed by atoms with Crippen LogP contribution in [0.25, 0.3) is 10.2 Å². The van der Waals surface area contributed by atoms with Crippen LogP contribution < -0.4 is 9.46 Å². The van der Waals surface area contributed by atoms with E-state index in [0.717, 1.165) is 51.5 Å². The number of benzene rings is 2. The fourth-order valence-corrected chi connectivity index (χ4v) is 10.5. The first-order valence-corrected chi connectivity index (χ1v) is 20.9. The molecule has 3 fully saturated rings. The Labute approximate surface area is 310 Å². The predicted octanol–water partition coefficient (Wildman–Crippen LogP) is 7.20. The van der Waals surface area contributed by atoms with Crippen LogP contribution in [0.15, 0.2) is 53.0 Å². The number of hydrogen-bond acceptors (Lipinski definition) is 8. The molecule has 9 nitrogen and oxygen atoms in total. The van der Waals surface area contributed by atoms with E-state index in [0.29, 0.717) is 37.3 Å². The highest BCUT2D eigenvalue weighted by molar-refractivity contribution is 9.10. The molecule has 3 heterocycles. The van der Waals surface area contributed by atoms with Crippen molar-refractivity contribution in [3.8, 4) is 5.19 Å². The van der Waals surface area contributed by atoms with Crippen molar-refractivity contribution in [3.05, 3.63) is 70.0 Å². The molecule has 2 aliphatic heterocycles. The Balaban J connectivity index is 1.19. The molecule has 0 radical (unpaired) electrons. The average molecular weight is 801 g/mol. The van der Waals surface area contributed by atoms with Gasteiger partial charge in [0.2, 0.25) is 21.8 Å². The molecule has 7 rings (SSSR count). The van der Waals surface area contributed by atoms with E-state index in [1.54, 1.807) is 11.8 Å². The molecule has 1 saturated heterocycles. The first kappa shape index (κ1) is 36.2. The molecule has 4 aliphatic rings.